The van der Waals surface area contributed by atoms with Crippen LogP contribution in [0.15, 0.2) is 107 Å². The molecule has 7 heteroatoms. The smallest absolute Gasteiger partial charge is 0.282 e. The summed E-state index contributed by atoms with van der Waals surface area (Å²) in [6, 6.07) is 26.7. The topological polar surface area (TPSA) is 87.1 Å². The third kappa shape index (κ3) is 4.06. The molecule has 3 aromatic carbocycles. The molecular weight excluding hydrogens is 394 g/mol. The highest BCUT2D eigenvalue weighted by Crippen LogP contribution is 2.25. The molecule has 0 unspecified atom stereocenters. The van der Waals surface area contributed by atoms with Crippen LogP contribution in [0.4, 0.5) is 5.69 Å². The van der Waals surface area contributed by atoms with Crippen molar-refractivity contribution in [2.75, 3.05) is 0 Å². The molecule has 0 aliphatic rings. The van der Waals surface area contributed by atoms with Gasteiger partial charge in [-0.05, 0) is 16.7 Å². The molecular formula is C24H19N3O4. The molecule has 154 valence electrons. The third-order valence-electron chi connectivity index (χ3n) is 5.07. The normalized spacial score (nSPS) is 10.9. The van der Waals surface area contributed by atoms with Gasteiger partial charge in [0.25, 0.3) is 0 Å². The first-order valence-electron chi connectivity index (χ1n) is 9.70. The number of nitrogens with zero attached hydrogens (tertiary/aromatic N) is 3. The van der Waals surface area contributed by atoms with E-state index >= 15 is 0 Å². The molecule has 0 bridgehead atoms. The molecule has 0 radical (unpaired) electrons. The fourth-order valence-electron chi connectivity index (χ4n) is 3.61. The predicted octanol–water partition coefficient (Wildman–Crippen LogP) is 3.60. The highest BCUT2D eigenvalue weighted by atomic mass is 16.6. The van der Waals surface area contributed by atoms with Crippen LogP contribution in [-0.4, -0.2) is 14.1 Å². The number of aromatic nitrogens is 2. The summed E-state index contributed by atoms with van der Waals surface area (Å²) in [6.45, 7) is -0.0590. The lowest BCUT2D eigenvalue weighted by Gasteiger charge is -2.22. The summed E-state index contributed by atoms with van der Waals surface area (Å²) >= 11 is 0. The molecule has 0 fully saturated rings. The number of rotatable bonds is 6. The molecule has 1 heterocycles. The van der Waals surface area contributed by atoms with Gasteiger partial charge in [0, 0.05) is 0 Å². The van der Waals surface area contributed by atoms with Crippen LogP contribution in [0.25, 0.3) is 0 Å². The minimum atomic E-state index is -0.921. The maximum Gasteiger partial charge on any atom is 0.350 e. The van der Waals surface area contributed by atoms with Crippen molar-refractivity contribution in [3.05, 3.63) is 145 Å². The van der Waals surface area contributed by atoms with Crippen LogP contribution in [-0.2, 0) is 6.54 Å². The monoisotopic (exact) mass is 413 g/mol. The van der Waals surface area contributed by atoms with Gasteiger partial charge in [0.15, 0.2) is 0 Å². The van der Waals surface area contributed by atoms with Crippen molar-refractivity contribution in [1.29, 1.82) is 0 Å². The zero-order chi connectivity index (χ0) is 21.8. The lowest BCUT2D eigenvalue weighted by Crippen LogP contribution is -2.42. The maximum atomic E-state index is 13.5. The van der Waals surface area contributed by atoms with Gasteiger partial charge in [-0.25, -0.2) is 9.36 Å². The van der Waals surface area contributed by atoms with E-state index in [1.807, 2.05) is 66.7 Å². The second-order valence-electron chi connectivity index (χ2n) is 7.06. The Morgan fingerprint density at radius 2 is 1.26 bits per heavy atom. The average Bonchev–Trinajstić information content (AvgIpc) is 2.80. The van der Waals surface area contributed by atoms with Crippen LogP contribution >= 0.6 is 0 Å². The zero-order valence-corrected chi connectivity index (χ0v) is 16.5. The van der Waals surface area contributed by atoms with Gasteiger partial charge in [-0.15, -0.1) is 0 Å². The first-order valence-corrected chi connectivity index (χ1v) is 9.70. The Balaban J connectivity index is 1.98. The lowest BCUT2D eigenvalue weighted by molar-refractivity contribution is -0.387. The molecule has 0 atom stereocenters. The predicted molar refractivity (Wildman–Crippen MR) is 117 cm³/mol. The van der Waals surface area contributed by atoms with E-state index in [9.17, 15) is 19.7 Å². The quantitative estimate of drug-likeness (QED) is 0.357. The standard InChI is InChI=1S/C24H19N3O4/c28-23-21(27(30)31)17-25(24(29)26(23)16-18-10-4-1-5-11-18)22(19-12-6-2-7-13-19)20-14-8-3-9-15-20/h1-15,17,22H,16H2. The molecule has 0 saturated carbocycles. The van der Waals surface area contributed by atoms with Crippen molar-refractivity contribution >= 4 is 5.69 Å². The Hall–Kier alpha value is -4.26. The summed E-state index contributed by atoms with van der Waals surface area (Å²) in [5.41, 5.74) is 0.0641. The van der Waals surface area contributed by atoms with E-state index in [-0.39, 0.29) is 6.54 Å². The average molecular weight is 413 g/mol. The maximum absolute atomic E-state index is 13.5. The molecule has 0 amide bonds. The van der Waals surface area contributed by atoms with Crippen LogP contribution in [0, 0.1) is 10.1 Å². The molecule has 0 aliphatic carbocycles. The molecule has 1 aromatic heterocycles. The number of nitro groups is 1. The molecule has 0 spiro atoms. The van der Waals surface area contributed by atoms with E-state index in [1.165, 1.54) is 4.57 Å². The van der Waals surface area contributed by atoms with Crippen molar-refractivity contribution in [2.45, 2.75) is 12.6 Å². The van der Waals surface area contributed by atoms with E-state index in [4.69, 9.17) is 0 Å². The Kier molecular flexibility index (Phi) is 5.57. The van der Waals surface area contributed by atoms with Gasteiger partial charge in [-0.2, -0.15) is 0 Å². The van der Waals surface area contributed by atoms with Gasteiger partial charge < -0.3 is 0 Å². The minimum Gasteiger partial charge on any atom is -0.282 e. The van der Waals surface area contributed by atoms with Gasteiger partial charge in [0.05, 0.1) is 23.7 Å². The van der Waals surface area contributed by atoms with Gasteiger partial charge in [0.2, 0.25) is 0 Å². The molecule has 31 heavy (non-hydrogen) atoms. The molecule has 0 aliphatic heterocycles. The van der Waals surface area contributed by atoms with E-state index in [2.05, 4.69) is 0 Å². The second-order valence-corrected chi connectivity index (χ2v) is 7.06. The Bertz CT molecular complexity index is 1270. The summed E-state index contributed by atoms with van der Waals surface area (Å²) in [6.07, 6.45) is 1.05. The third-order valence-corrected chi connectivity index (χ3v) is 5.07. The van der Waals surface area contributed by atoms with Crippen LogP contribution in [0.3, 0.4) is 0 Å². The van der Waals surface area contributed by atoms with Gasteiger partial charge in [-0.3, -0.25) is 19.5 Å². The Labute approximate surface area is 177 Å². The summed E-state index contributed by atoms with van der Waals surface area (Å²) in [7, 11) is 0. The molecule has 0 saturated heterocycles. The summed E-state index contributed by atoms with van der Waals surface area (Å²) in [5.74, 6) is 0. The molecule has 7 nitrogen and oxygen atoms in total. The van der Waals surface area contributed by atoms with Crippen LogP contribution in [0.5, 0.6) is 0 Å². The van der Waals surface area contributed by atoms with E-state index in [0.29, 0.717) is 5.56 Å². The van der Waals surface area contributed by atoms with Crippen molar-refractivity contribution in [2.24, 2.45) is 0 Å². The van der Waals surface area contributed by atoms with Crippen molar-refractivity contribution < 1.29 is 4.92 Å². The first-order chi connectivity index (χ1) is 15.1. The van der Waals surface area contributed by atoms with Crippen LogP contribution < -0.4 is 11.2 Å². The van der Waals surface area contributed by atoms with Crippen molar-refractivity contribution in [3.8, 4) is 0 Å². The fraction of sp³-hybridized carbons (Fsp3) is 0.0833. The first kappa shape index (κ1) is 20.0. The highest BCUT2D eigenvalue weighted by Gasteiger charge is 2.25. The lowest BCUT2D eigenvalue weighted by atomic mass is 9.98. The van der Waals surface area contributed by atoms with Gasteiger partial charge in [0.1, 0.15) is 0 Å². The van der Waals surface area contributed by atoms with Crippen LogP contribution in [0.2, 0.25) is 0 Å². The van der Waals surface area contributed by atoms with Crippen molar-refractivity contribution in [3.63, 3.8) is 0 Å². The number of hydrogen-bond donors (Lipinski definition) is 0. The Morgan fingerprint density at radius 1 is 0.774 bits per heavy atom. The minimum absolute atomic E-state index is 0.0590. The summed E-state index contributed by atoms with van der Waals surface area (Å²) < 4.78 is 2.19. The summed E-state index contributed by atoms with van der Waals surface area (Å²) in [5, 5.41) is 11.7. The molecule has 4 rings (SSSR count). The highest BCUT2D eigenvalue weighted by molar-refractivity contribution is 5.34. The fourth-order valence-corrected chi connectivity index (χ4v) is 3.61. The molecule has 0 N–H and O–H groups in total. The van der Waals surface area contributed by atoms with E-state index < -0.39 is 27.9 Å². The summed E-state index contributed by atoms with van der Waals surface area (Å²) in [4.78, 5) is 37.2. The van der Waals surface area contributed by atoms with E-state index in [1.54, 1.807) is 24.3 Å². The number of hydrogen-bond acceptors (Lipinski definition) is 4. The zero-order valence-electron chi connectivity index (χ0n) is 16.5. The SMILES string of the molecule is O=c1c([N+](=O)[O-])cn(C(c2ccccc2)c2ccccc2)c(=O)n1Cc1ccccc1. The number of benzene rings is 3. The van der Waals surface area contributed by atoms with Gasteiger partial charge >= 0.3 is 16.9 Å². The van der Waals surface area contributed by atoms with E-state index in [0.717, 1.165) is 21.9 Å². The van der Waals surface area contributed by atoms with Gasteiger partial charge in [-0.1, -0.05) is 91.0 Å². The second kappa shape index (κ2) is 8.62. The van der Waals surface area contributed by atoms with Crippen LogP contribution in [0.1, 0.15) is 22.7 Å². The molecule has 4 aromatic rings. The largest absolute Gasteiger partial charge is 0.350 e. The van der Waals surface area contributed by atoms with Crippen molar-refractivity contribution in [1.82, 2.24) is 9.13 Å². The Morgan fingerprint density at radius 3 is 1.74 bits per heavy atom.